The van der Waals surface area contributed by atoms with Crippen molar-refractivity contribution in [3.8, 4) is 0 Å². The van der Waals surface area contributed by atoms with Gasteiger partial charge in [-0.15, -0.1) is 12.4 Å². The maximum atomic E-state index is 13.2. The van der Waals surface area contributed by atoms with E-state index in [-0.39, 0.29) is 30.6 Å². The summed E-state index contributed by atoms with van der Waals surface area (Å²) in [5, 5.41) is 1.31. The fraction of sp³-hybridized carbons (Fsp3) is 0.333. The average Bonchev–Trinajstić information content (AvgIpc) is 3.09. The highest BCUT2D eigenvalue weighted by molar-refractivity contribution is 7.22. The molecule has 0 N–H and O–H groups in total. The number of rotatable bonds is 8. The quantitative estimate of drug-likeness (QED) is 0.454. The van der Waals surface area contributed by atoms with Crippen molar-refractivity contribution < 1.29 is 9.18 Å². The van der Waals surface area contributed by atoms with Gasteiger partial charge in [0.1, 0.15) is 5.82 Å². The monoisotopic (exact) mass is 455 g/mol. The number of thiazole rings is 1. The summed E-state index contributed by atoms with van der Waals surface area (Å²) in [6.07, 6.45) is 0.204. The summed E-state index contributed by atoms with van der Waals surface area (Å²) in [6, 6.07) is 11.6. The van der Waals surface area contributed by atoms with Crippen LogP contribution in [0.1, 0.15) is 19.4 Å². The molecule has 0 bridgehead atoms. The molecule has 1 aromatic heterocycles. The van der Waals surface area contributed by atoms with Crippen molar-refractivity contribution in [1.82, 2.24) is 9.88 Å². The molecule has 29 heavy (non-hydrogen) atoms. The van der Waals surface area contributed by atoms with Crippen molar-refractivity contribution in [2.75, 3.05) is 31.1 Å². The van der Waals surface area contributed by atoms with Gasteiger partial charge in [-0.05, 0) is 49.0 Å². The van der Waals surface area contributed by atoms with Gasteiger partial charge in [-0.3, -0.25) is 9.69 Å². The minimum atomic E-state index is -0.308. The number of hydrogen-bond donors (Lipinski definition) is 0. The van der Waals surface area contributed by atoms with Crippen LogP contribution < -0.4 is 4.90 Å². The molecule has 2 aromatic carbocycles. The second kappa shape index (κ2) is 10.9. The van der Waals surface area contributed by atoms with E-state index in [1.807, 2.05) is 12.1 Å². The van der Waals surface area contributed by atoms with Gasteiger partial charge in [0.2, 0.25) is 5.91 Å². The highest BCUT2D eigenvalue weighted by Crippen LogP contribution is 2.31. The number of hydrogen-bond acceptors (Lipinski definition) is 4. The Balaban J connectivity index is 0.00000300. The van der Waals surface area contributed by atoms with E-state index >= 15 is 0 Å². The lowest BCUT2D eigenvalue weighted by molar-refractivity contribution is -0.118. The predicted molar refractivity (Wildman–Crippen MR) is 122 cm³/mol. The smallest absolute Gasteiger partial charge is 0.233 e. The summed E-state index contributed by atoms with van der Waals surface area (Å²) >= 11 is 7.55. The van der Waals surface area contributed by atoms with Crippen molar-refractivity contribution in [1.29, 1.82) is 0 Å². The fourth-order valence-corrected chi connectivity index (χ4v) is 4.27. The van der Waals surface area contributed by atoms with Gasteiger partial charge < -0.3 is 4.90 Å². The van der Waals surface area contributed by atoms with E-state index in [0.717, 1.165) is 35.4 Å². The van der Waals surface area contributed by atoms with E-state index in [2.05, 4.69) is 23.7 Å². The molecule has 0 saturated carbocycles. The van der Waals surface area contributed by atoms with Gasteiger partial charge in [-0.25, -0.2) is 9.37 Å². The summed E-state index contributed by atoms with van der Waals surface area (Å²) in [5.41, 5.74) is 1.61. The van der Waals surface area contributed by atoms with Gasteiger partial charge >= 0.3 is 0 Å². The Morgan fingerprint density at radius 3 is 2.45 bits per heavy atom. The van der Waals surface area contributed by atoms with Crippen molar-refractivity contribution >= 4 is 56.6 Å². The molecule has 0 saturated heterocycles. The molecular formula is C21H24Cl2FN3OS. The molecule has 0 unspecified atom stereocenters. The molecule has 0 spiro atoms. The Morgan fingerprint density at radius 2 is 1.79 bits per heavy atom. The van der Waals surface area contributed by atoms with Crippen LogP contribution in [0.5, 0.6) is 0 Å². The molecule has 0 aliphatic carbocycles. The Morgan fingerprint density at radius 1 is 1.10 bits per heavy atom. The maximum absolute atomic E-state index is 13.2. The zero-order valence-electron chi connectivity index (χ0n) is 16.4. The molecule has 4 nitrogen and oxygen atoms in total. The number of carbonyl (C=O) groups is 1. The molecule has 0 fully saturated rings. The van der Waals surface area contributed by atoms with Crippen molar-refractivity contribution in [2.24, 2.45) is 0 Å². The Bertz CT molecular complexity index is 945. The number of likely N-dealkylation sites (N-methyl/N-ethyl adjacent to an activating group) is 1. The average molecular weight is 456 g/mol. The second-order valence-corrected chi connectivity index (χ2v) is 7.93. The molecule has 156 valence electrons. The first-order chi connectivity index (χ1) is 13.5. The Kier molecular flexibility index (Phi) is 8.83. The number of anilines is 1. The van der Waals surface area contributed by atoms with Crippen LogP contribution in [0, 0.1) is 5.82 Å². The molecule has 0 aliphatic heterocycles. The minimum absolute atomic E-state index is 0. The SMILES string of the molecule is CCN(CC)CCN(C(=O)Cc1ccc(F)cc1)c1nc2ccc(Cl)cc2s1.Cl. The van der Waals surface area contributed by atoms with Crippen LogP contribution in [-0.4, -0.2) is 42.0 Å². The topological polar surface area (TPSA) is 36.4 Å². The third-order valence-electron chi connectivity index (χ3n) is 4.67. The summed E-state index contributed by atoms with van der Waals surface area (Å²) < 4.78 is 14.1. The van der Waals surface area contributed by atoms with E-state index in [0.29, 0.717) is 16.7 Å². The predicted octanol–water partition coefficient (Wildman–Crippen LogP) is 5.43. The number of aromatic nitrogens is 1. The first-order valence-electron chi connectivity index (χ1n) is 9.33. The van der Waals surface area contributed by atoms with Crippen molar-refractivity contribution in [3.05, 3.63) is 58.9 Å². The number of fused-ring (bicyclic) bond motifs is 1. The third-order valence-corrected chi connectivity index (χ3v) is 5.95. The number of nitrogens with zero attached hydrogens (tertiary/aromatic N) is 3. The zero-order valence-corrected chi connectivity index (χ0v) is 18.8. The first kappa shape index (κ1) is 23.5. The minimum Gasteiger partial charge on any atom is -0.302 e. The molecular weight excluding hydrogens is 432 g/mol. The summed E-state index contributed by atoms with van der Waals surface area (Å²) in [4.78, 5) is 21.7. The van der Waals surface area contributed by atoms with E-state index in [1.54, 1.807) is 23.1 Å². The Labute approximate surface area is 185 Å². The number of halogens is 3. The Hall–Kier alpha value is -1.73. The molecule has 8 heteroatoms. The lowest BCUT2D eigenvalue weighted by atomic mass is 10.1. The largest absolute Gasteiger partial charge is 0.302 e. The summed E-state index contributed by atoms with van der Waals surface area (Å²) in [7, 11) is 0. The van der Waals surface area contributed by atoms with Crippen LogP contribution in [0.2, 0.25) is 5.02 Å². The van der Waals surface area contributed by atoms with Crippen LogP contribution >= 0.6 is 35.3 Å². The van der Waals surface area contributed by atoms with E-state index in [9.17, 15) is 9.18 Å². The van der Waals surface area contributed by atoms with Crippen LogP contribution in [0.25, 0.3) is 10.2 Å². The van der Waals surface area contributed by atoms with Gasteiger partial charge in [0.25, 0.3) is 0 Å². The highest BCUT2D eigenvalue weighted by atomic mass is 35.5. The highest BCUT2D eigenvalue weighted by Gasteiger charge is 2.21. The molecule has 1 heterocycles. The summed E-state index contributed by atoms with van der Waals surface area (Å²) in [5.74, 6) is -0.360. The van der Waals surface area contributed by atoms with Gasteiger partial charge in [0.15, 0.2) is 5.13 Å². The first-order valence-corrected chi connectivity index (χ1v) is 10.5. The number of carbonyl (C=O) groups excluding carboxylic acids is 1. The van der Waals surface area contributed by atoms with Crippen LogP contribution in [0.15, 0.2) is 42.5 Å². The van der Waals surface area contributed by atoms with E-state index in [4.69, 9.17) is 11.6 Å². The molecule has 0 aliphatic rings. The number of benzene rings is 2. The summed E-state index contributed by atoms with van der Waals surface area (Å²) in [6.45, 7) is 7.37. The lowest BCUT2D eigenvalue weighted by Crippen LogP contribution is -2.39. The van der Waals surface area contributed by atoms with Gasteiger partial charge in [0, 0.05) is 18.1 Å². The van der Waals surface area contributed by atoms with Gasteiger partial charge in [-0.1, -0.05) is 48.9 Å². The van der Waals surface area contributed by atoms with Crippen LogP contribution in [0.3, 0.4) is 0 Å². The van der Waals surface area contributed by atoms with Crippen LogP contribution in [-0.2, 0) is 11.2 Å². The molecule has 0 radical (unpaired) electrons. The fourth-order valence-electron chi connectivity index (χ4n) is 2.98. The second-order valence-electron chi connectivity index (χ2n) is 6.48. The van der Waals surface area contributed by atoms with E-state index < -0.39 is 0 Å². The van der Waals surface area contributed by atoms with Gasteiger partial charge in [-0.2, -0.15) is 0 Å². The molecule has 3 rings (SSSR count). The van der Waals surface area contributed by atoms with Crippen LogP contribution in [0.4, 0.5) is 9.52 Å². The van der Waals surface area contributed by atoms with Crippen molar-refractivity contribution in [2.45, 2.75) is 20.3 Å². The maximum Gasteiger partial charge on any atom is 0.233 e. The van der Waals surface area contributed by atoms with E-state index in [1.165, 1.54) is 23.5 Å². The normalized spacial score (nSPS) is 10.9. The van der Waals surface area contributed by atoms with Gasteiger partial charge in [0.05, 0.1) is 16.6 Å². The third kappa shape index (κ3) is 6.12. The number of amides is 1. The molecule has 3 aromatic rings. The lowest BCUT2D eigenvalue weighted by Gasteiger charge is -2.24. The van der Waals surface area contributed by atoms with Crippen molar-refractivity contribution in [3.63, 3.8) is 0 Å². The standard InChI is InChI=1S/C21H23ClFN3OS.ClH/c1-3-25(4-2)11-12-26(20(27)13-15-5-8-17(23)9-6-15)21-24-18-10-7-16(22)14-19(18)28-21;/h5-10,14H,3-4,11-13H2,1-2H3;1H. The molecule has 0 atom stereocenters. The molecule has 1 amide bonds. The zero-order chi connectivity index (χ0) is 20.1.